The molecule has 3 nitrogen and oxygen atoms in total. The first-order valence-corrected chi connectivity index (χ1v) is 4.94. The lowest BCUT2D eigenvalue weighted by molar-refractivity contribution is 0.292. The highest BCUT2D eigenvalue weighted by atomic mass is 15.0. The van der Waals surface area contributed by atoms with Crippen LogP contribution in [-0.4, -0.2) is 23.1 Å². The van der Waals surface area contributed by atoms with Gasteiger partial charge in [0.25, 0.3) is 0 Å². The molecule has 0 unspecified atom stereocenters. The van der Waals surface area contributed by atoms with Crippen molar-refractivity contribution in [2.24, 2.45) is 0 Å². The van der Waals surface area contributed by atoms with Crippen molar-refractivity contribution < 1.29 is 0 Å². The molecule has 1 aliphatic heterocycles. The van der Waals surface area contributed by atoms with E-state index in [0.717, 1.165) is 29.9 Å². The zero-order chi connectivity index (χ0) is 9.60. The van der Waals surface area contributed by atoms with Crippen LogP contribution in [0.5, 0.6) is 0 Å². The van der Waals surface area contributed by atoms with Gasteiger partial charge in [0.15, 0.2) is 0 Å². The Kier molecular flexibility index (Phi) is 1.47. The second-order valence-electron chi connectivity index (χ2n) is 4.27. The van der Waals surface area contributed by atoms with E-state index in [1.165, 1.54) is 0 Å². The lowest BCUT2D eigenvalue weighted by Gasteiger charge is -2.37. The molecule has 72 valence electrons. The van der Waals surface area contributed by atoms with Gasteiger partial charge in [0.1, 0.15) is 5.82 Å². The van der Waals surface area contributed by atoms with Crippen molar-refractivity contribution in [3.8, 4) is 0 Å². The summed E-state index contributed by atoms with van der Waals surface area (Å²) in [6.45, 7) is 4.28. The monoisotopic (exact) mass is 187 g/mol. The number of benzene rings is 1. The minimum absolute atomic E-state index is 0.207. The minimum Gasteiger partial charge on any atom is -0.341 e. The predicted octanol–water partition coefficient (Wildman–Crippen LogP) is 1.42. The van der Waals surface area contributed by atoms with Crippen molar-refractivity contribution in [2.75, 3.05) is 13.1 Å². The highest BCUT2D eigenvalue weighted by Gasteiger charge is 2.36. The molecule has 1 saturated heterocycles. The number of aromatic amines is 1. The maximum atomic E-state index is 4.61. The van der Waals surface area contributed by atoms with Crippen LogP contribution in [-0.2, 0) is 5.41 Å². The maximum absolute atomic E-state index is 4.61. The Hall–Kier alpha value is -1.35. The third-order valence-corrected chi connectivity index (χ3v) is 2.99. The molecular formula is C11H13N3. The van der Waals surface area contributed by atoms with E-state index in [-0.39, 0.29) is 5.41 Å². The first kappa shape index (κ1) is 8.00. The second kappa shape index (κ2) is 2.58. The molecule has 2 heterocycles. The lowest BCUT2D eigenvalue weighted by atomic mass is 9.83. The third kappa shape index (κ3) is 0.990. The van der Waals surface area contributed by atoms with Crippen LogP contribution in [0.25, 0.3) is 11.0 Å². The molecule has 0 atom stereocenters. The molecule has 0 saturated carbocycles. The number of fused-ring (bicyclic) bond motifs is 1. The second-order valence-corrected chi connectivity index (χ2v) is 4.27. The molecule has 0 radical (unpaired) electrons. The molecule has 3 rings (SSSR count). The van der Waals surface area contributed by atoms with Gasteiger partial charge in [-0.05, 0) is 12.1 Å². The fourth-order valence-corrected chi connectivity index (χ4v) is 1.91. The number of imidazole rings is 1. The molecule has 0 amide bonds. The molecule has 0 bridgehead atoms. The van der Waals surface area contributed by atoms with E-state index in [4.69, 9.17) is 0 Å². The first-order valence-electron chi connectivity index (χ1n) is 4.94. The van der Waals surface area contributed by atoms with Crippen LogP contribution < -0.4 is 5.32 Å². The molecule has 14 heavy (non-hydrogen) atoms. The van der Waals surface area contributed by atoms with Crippen molar-refractivity contribution >= 4 is 11.0 Å². The quantitative estimate of drug-likeness (QED) is 0.709. The van der Waals surface area contributed by atoms with Gasteiger partial charge in [0, 0.05) is 13.1 Å². The third-order valence-electron chi connectivity index (χ3n) is 2.99. The number of rotatable bonds is 1. The van der Waals surface area contributed by atoms with E-state index in [1.54, 1.807) is 0 Å². The zero-order valence-electron chi connectivity index (χ0n) is 8.17. The summed E-state index contributed by atoms with van der Waals surface area (Å²) in [6, 6.07) is 8.17. The van der Waals surface area contributed by atoms with Crippen molar-refractivity contribution in [3.63, 3.8) is 0 Å². The Labute approximate surface area is 82.5 Å². The van der Waals surface area contributed by atoms with Crippen molar-refractivity contribution in [3.05, 3.63) is 30.1 Å². The van der Waals surface area contributed by atoms with Gasteiger partial charge in [-0.3, -0.25) is 0 Å². The number of para-hydroxylation sites is 2. The predicted molar refractivity (Wildman–Crippen MR) is 56.3 cm³/mol. The first-order chi connectivity index (χ1) is 6.78. The molecule has 1 aromatic heterocycles. The van der Waals surface area contributed by atoms with Crippen LogP contribution in [0.1, 0.15) is 12.7 Å². The smallest absolute Gasteiger partial charge is 0.115 e. The summed E-state index contributed by atoms with van der Waals surface area (Å²) in [5.74, 6) is 1.11. The number of H-pyrrole nitrogens is 1. The molecule has 1 fully saturated rings. The van der Waals surface area contributed by atoms with E-state index >= 15 is 0 Å². The molecule has 3 heteroatoms. The SMILES string of the molecule is CC1(c2nc3ccccc3[nH]2)CNC1. The Morgan fingerprint density at radius 3 is 2.71 bits per heavy atom. The number of nitrogens with zero attached hydrogens (tertiary/aromatic N) is 1. The summed E-state index contributed by atoms with van der Waals surface area (Å²) < 4.78 is 0. The maximum Gasteiger partial charge on any atom is 0.115 e. The Morgan fingerprint density at radius 2 is 2.07 bits per heavy atom. The van der Waals surface area contributed by atoms with E-state index in [2.05, 4.69) is 28.3 Å². The Morgan fingerprint density at radius 1 is 1.29 bits per heavy atom. The van der Waals surface area contributed by atoms with Gasteiger partial charge in [-0.1, -0.05) is 19.1 Å². The van der Waals surface area contributed by atoms with Crippen LogP contribution in [0.4, 0.5) is 0 Å². The Bertz CT molecular complexity index is 435. The van der Waals surface area contributed by atoms with Crippen molar-refractivity contribution in [2.45, 2.75) is 12.3 Å². The molecular weight excluding hydrogens is 174 g/mol. The number of aromatic nitrogens is 2. The van der Waals surface area contributed by atoms with Crippen molar-refractivity contribution in [1.29, 1.82) is 0 Å². The largest absolute Gasteiger partial charge is 0.341 e. The zero-order valence-corrected chi connectivity index (χ0v) is 8.17. The molecule has 1 aliphatic rings. The van der Waals surface area contributed by atoms with Gasteiger partial charge >= 0.3 is 0 Å². The number of hydrogen-bond acceptors (Lipinski definition) is 2. The van der Waals surface area contributed by atoms with E-state index in [0.29, 0.717) is 0 Å². The lowest BCUT2D eigenvalue weighted by Crippen LogP contribution is -2.55. The molecule has 2 aromatic rings. The van der Waals surface area contributed by atoms with Crippen LogP contribution in [0, 0.1) is 0 Å². The highest BCUT2D eigenvalue weighted by molar-refractivity contribution is 5.75. The standard InChI is InChI=1S/C11H13N3/c1-11(6-12-7-11)10-13-8-4-2-3-5-9(8)14-10/h2-5,12H,6-7H2,1H3,(H,13,14). The Balaban J connectivity index is 2.14. The summed E-state index contributed by atoms with van der Waals surface area (Å²) in [5, 5.41) is 3.28. The highest BCUT2D eigenvalue weighted by Crippen LogP contribution is 2.26. The number of hydrogen-bond donors (Lipinski definition) is 2. The van der Waals surface area contributed by atoms with Gasteiger partial charge in [-0.15, -0.1) is 0 Å². The van der Waals surface area contributed by atoms with Crippen LogP contribution in [0.15, 0.2) is 24.3 Å². The molecule has 1 aromatic carbocycles. The average Bonchev–Trinajstić information content (AvgIpc) is 2.57. The average molecular weight is 187 g/mol. The van der Waals surface area contributed by atoms with Crippen LogP contribution in [0.3, 0.4) is 0 Å². The van der Waals surface area contributed by atoms with Crippen molar-refractivity contribution in [1.82, 2.24) is 15.3 Å². The van der Waals surface area contributed by atoms with Crippen LogP contribution >= 0.6 is 0 Å². The fraction of sp³-hybridized carbons (Fsp3) is 0.364. The van der Waals surface area contributed by atoms with Gasteiger partial charge in [0.05, 0.1) is 16.4 Å². The summed E-state index contributed by atoms with van der Waals surface area (Å²) in [4.78, 5) is 8.00. The van der Waals surface area contributed by atoms with Gasteiger partial charge in [-0.2, -0.15) is 0 Å². The van der Waals surface area contributed by atoms with E-state index in [9.17, 15) is 0 Å². The van der Waals surface area contributed by atoms with Gasteiger partial charge < -0.3 is 10.3 Å². The minimum atomic E-state index is 0.207. The van der Waals surface area contributed by atoms with Crippen LogP contribution in [0.2, 0.25) is 0 Å². The molecule has 0 aliphatic carbocycles. The normalized spacial score (nSPS) is 19.5. The van der Waals surface area contributed by atoms with Gasteiger partial charge in [0.2, 0.25) is 0 Å². The molecule has 0 spiro atoms. The summed E-state index contributed by atoms with van der Waals surface area (Å²) >= 11 is 0. The van der Waals surface area contributed by atoms with Gasteiger partial charge in [-0.25, -0.2) is 4.98 Å². The summed E-state index contributed by atoms with van der Waals surface area (Å²) in [5.41, 5.74) is 2.41. The number of nitrogens with one attached hydrogen (secondary N) is 2. The summed E-state index contributed by atoms with van der Waals surface area (Å²) in [6.07, 6.45) is 0. The topological polar surface area (TPSA) is 40.7 Å². The summed E-state index contributed by atoms with van der Waals surface area (Å²) in [7, 11) is 0. The van der Waals surface area contributed by atoms with E-state index < -0.39 is 0 Å². The molecule has 2 N–H and O–H groups in total. The fourth-order valence-electron chi connectivity index (χ4n) is 1.91. The van der Waals surface area contributed by atoms with E-state index in [1.807, 2.05) is 18.2 Å².